The van der Waals surface area contributed by atoms with Gasteiger partial charge in [-0.1, -0.05) is 12.8 Å². The standard InChI is InChI=1S/C13H22ClNO2/c14-9-13(6-2-3-7-13)10-15-12(16)11-5-1-4-8-17-11/h11H,1-10H2,(H,15,16). The minimum absolute atomic E-state index is 0.0566. The van der Waals surface area contributed by atoms with E-state index < -0.39 is 0 Å². The van der Waals surface area contributed by atoms with Crippen molar-refractivity contribution >= 4 is 17.5 Å². The molecule has 0 aromatic heterocycles. The summed E-state index contributed by atoms with van der Waals surface area (Å²) in [5.74, 6) is 0.708. The second-order valence-electron chi connectivity index (χ2n) is 5.41. The second-order valence-corrected chi connectivity index (χ2v) is 5.68. The Kier molecular flexibility index (Phi) is 4.69. The molecular formula is C13H22ClNO2. The van der Waals surface area contributed by atoms with E-state index in [1.807, 2.05) is 0 Å². The van der Waals surface area contributed by atoms with Crippen LogP contribution in [0.5, 0.6) is 0 Å². The molecule has 0 bridgehead atoms. The Labute approximate surface area is 108 Å². The van der Waals surface area contributed by atoms with Crippen LogP contribution in [0, 0.1) is 5.41 Å². The Morgan fingerprint density at radius 3 is 2.65 bits per heavy atom. The summed E-state index contributed by atoms with van der Waals surface area (Å²) in [5.41, 5.74) is 0.145. The van der Waals surface area contributed by atoms with Gasteiger partial charge in [0, 0.05) is 24.4 Å². The zero-order chi connectivity index (χ0) is 12.1. The predicted molar refractivity (Wildman–Crippen MR) is 68.2 cm³/mol. The molecule has 2 aliphatic rings. The molecule has 2 fully saturated rings. The molecule has 1 unspecified atom stereocenters. The number of ether oxygens (including phenoxy) is 1. The first kappa shape index (κ1) is 13.2. The normalized spacial score (nSPS) is 27.9. The molecule has 2 rings (SSSR count). The van der Waals surface area contributed by atoms with E-state index in [1.54, 1.807) is 0 Å². The van der Waals surface area contributed by atoms with Gasteiger partial charge in [-0.2, -0.15) is 0 Å². The number of rotatable bonds is 4. The monoisotopic (exact) mass is 259 g/mol. The van der Waals surface area contributed by atoms with Gasteiger partial charge < -0.3 is 10.1 Å². The van der Waals surface area contributed by atoms with Crippen LogP contribution in [0.25, 0.3) is 0 Å². The highest BCUT2D eigenvalue weighted by Gasteiger charge is 2.34. The lowest BCUT2D eigenvalue weighted by atomic mass is 9.88. The molecule has 1 amide bonds. The van der Waals surface area contributed by atoms with Crippen LogP contribution >= 0.6 is 11.6 Å². The molecule has 1 saturated heterocycles. The van der Waals surface area contributed by atoms with Gasteiger partial charge in [-0.15, -0.1) is 11.6 Å². The fourth-order valence-electron chi connectivity index (χ4n) is 2.82. The molecule has 3 nitrogen and oxygen atoms in total. The number of carbonyl (C=O) groups is 1. The Morgan fingerprint density at radius 2 is 2.06 bits per heavy atom. The molecule has 1 heterocycles. The third kappa shape index (κ3) is 3.35. The maximum Gasteiger partial charge on any atom is 0.249 e. The minimum atomic E-state index is -0.225. The Bertz CT molecular complexity index is 258. The number of amides is 1. The van der Waals surface area contributed by atoms with Gasteiger partial charge in [-0.05, 0) is 32.1 Å². The van der Waals surface area contributed by atoms with Crippen LogP contribution in [-0.2, 0) is 9.53 Å². The van der Waals surface area contributed by atoms with Crippen LogP contribution in [0.1, 0.15) is 44.9 Å². The SMILES string of the molecule is O=C(NCC1(CCl)CCCC1)C1CCCCO1. The van der Waals surface area contributed by atoms with Gasteiger partial charge in [0.05, 0.1) is 0 Å². The smallest absolute Gasteiger partial charge is 0.249 e. The van der Waals surface area contributed by atoms with E-state index in [2.05, 4.69) is 5.32 Å². The lowest BCUT2D eigenvalue weighted by molar-refractivity contribution is -0.135. The highest BCUT2D eigenvalue weighted by molar-refractivity contribution is 6.18. The van der Waals surface area contributed by atoms with E-state index in [0.29, 0.717) is 5.88 Å². The number of halogens is 1. The van der Waals surface area contributed by atoms with Crippen molar-refractivity contribution in [1.29, 1.82) is 0 Å². The van der Waals surface area contributed by atoms with Gasteiger partial charge in [0.25, 0.3) is 0 Å². The van der Waals surface area contributed by atoms with Crippen molar-refractivity contribution in [3.05, 3.63) is 0 Å². The molecule has 98 valence electrons. The lowest BCUT2D eigenvalue weighted by Crippen LogP contribution is -2.43. The van der Waals surface area contributed by atoms with Gasteiger partial charge in [-0.3, -0.25) is 4.79 Å². The highest BCUT2D eigenvalue weighted by atomic mass is 35.5. The first-order valence-corrected chi connectivity index (χ1v) is 7.24. The molecule has 1 aliphatic heterocycles. The van der Waals surface area contributed by atoms with E-state index in [9.17, 15) is 4.79 Å². The summed E-state index contributed by atoms with van der Waals surface area (Å²) in [6.45, 7) is 1.44. The molecule has 0 aromatic rings. The van der Waals surface area contributed by atoms with Gasteiger partial charge in [-0.25, -0.2) is 0 Å². The summed E-state index contributed by atoms with van der Waals surface area (Å²) in [6.07, 6.45) is 7.57. The van der Waals surface area contributed by atoms with E-state index in [4.69, 9.17) is 16.3 Å². The summed E-state index contributed by atoms with van der Waals surface area (Å²) < 4.78 is 5.48. The van der Waals surface area contributed by atoms with Crippen molar-refractivity contribution < 1.29 is 9.53 Å². The molecule has 0 aromatic carbocycles. The molecule has 1 saturated carbocycles. The molecule has 1 N–H and O–H groups in total. The van der Waals surface area contributed by atoms with E-state index in [1.165, 1.54) is 12.8 Å². The quantitative estimate of drug-likeness (QED) is 0.788. The van der Waals surface area contributed by atoms with Gasteiger partial charge in [0.1, 0.15) is 6.10 Å². The summed E-state index contributed by atoms with van der Waals surface area (Å²) in [5, 5.41) is 3.04. The van der Waals surface area contributed by atoms with Crippen molar-refractivity contribution in [2.75, 3.05) is 19.0 Å². The molecular weight excluding hydrogens is 238 g/mol. The maximum atomic E-state index is 11.9. The van der Waals surface area contributed by atoms with Crippen LogP contribution in [0.2, 0.25) is 0 Å². The molecule has 0 radical (unpaired) electrons. The lowest BCUT2D eigenvalue weighted by Gasteiger charge is -2.28. The summed E-state index contributed by atoms with van der Waals surface area (Å²) in [6, 6.07) is 0. The van der Waals surface area contributed by atoms with E-state index in [0.717, 1.165) is 45.3 Å². The molecule has 17 heavy (non-hydrogen) atoms. The van der Waals surface area contributed by atoms with Crippen LogP contribution in [0.15, 0.2) is 0 Å². The Hall–Kier alpha value is -0.280. The molecule has 1 aliphatic carbocycles. The minimum Gasteiger partial charge on any atom is -0.368 e. The number of nitrogens with one attached hydrogen (secondary N) is 1. The fraction of sp³-hybridized carbons (Fsp3) is 0.923. The maximum absolute atomic E-state index is 11.9. The zero-order valence-corrected chi connectivity index (χ0v) is 11.1. The topological polar surface area (TPSA) is 38.3 Å². The first-order valence-electron chi connectivity index (χ1n) is 6.71. The Morgan fingerprint density at radius 1 is 1.29 bits per heavy atom. The van der Waals surface area contributed by atoms with Crippen molar-refractivity contribution in [2.45, 2.75) is 51.0 Å². The van der Waals surface area contributed by atoms with Gasteiger partial charge in [0.2, 0.25) is 5.91 Å². The third-order valence-corrected chi connectivity index (χ3v) is 4.62. The van der Waals surface area contributed by atoms with Gasteiger partial charge in [0.15, 0.2) is 0 Å². The van der Waals surface area contributed by atoms with Crippen LogP contribution in [0.3, 0.4) is 0 Å². The summed E-state index contributed by atoms with van der Waals surface area (Å²) in [7, 11) is 0. The average Bonchev–Trinajstić information content (AvgIpc) is 2.86. The molecule has 0 spiro atoms. The van der Waals surface area contributed by atoms with Crippen molar-refractivity contribution in [2.24, 2.45) is 5.41 Å². The third-order valence-electron chi connectivity index (χ3n) is 4.06. The molecule has 4 heteroatoms. The summed E-state index contributed by atoms with van der Waals surface area (Å²) in [4.78, 5) is 11.9. The number of hydrogen-bond donors (Lipinski definition) is 1. The van der Waals surface area contributed by atoms with Crippen molar-refractivity contribution in [3.63, 3.8) is 0 Å². The number of alkyl halides is 1. The van der Waals surface area contributed by atoms with E-state index >= 15 is 0 Å². The molecule has 1 atom stereocenters. The average molecular weight is 260 g/mol. The van der Waals surface area contributed by atoms with Crippen molar-refractivity contribution in [1.82, 2.24) is 5.32 Å². The zero-order valence-electron chi connectivity index (χ0n) is 10.3. The van der Waals surface area contributed by atoms with Crippen LogP contribution in [-0.4, -0.2) is 31.0 Å². The predicted octanol–water partition coefficient (Wildman–Crippen LogP) is 2.47. The fourth-order valence-corrected chi connectivity index (χ4v) is 3.18. The van der Waals surface area contributed by atoms with Crippen LogP contribution in [0.4, 0.5) is 0 Å². The van der Waals surface area contributed by atoms with Crippen molar-refractivity contribution in [3.8, 4) is 0 Å². The second kappa shape index (κ2) is 6.05. The summed E-state index contributed by atoms with van der Waals surface area (Å²) >= 11 is 6.05. The van der Waals surface area contributed by atoms with E-state index in [-0.39, 0.29) is 17.4 Å². The van der Waals surface area contributed by atoms with Gasteiger partial charge >= 0.3 is 0 Å². The number of hydrogen-bond acceptors (Lipinski definition) is 2. The Balaban J connectivity index is 1.78. The van der Waals surface area contributed by atoms with Crippen LogP contribution < -0.4 is 5.32 Å². The number of carbonyl (C=O) groups excluding carboxylic acids is 1. The first-order chi connectivity index (χ1) is 8.26. The largest absolute Gasteiger partial charge is 0.368 e. The highest BCUT2D eigenvalue weighted by Crippen LogP contribution is 2.38.